The van der Waals surface area contributed by atoms with Crippen LogP contribution < -0.4 is 0 Å². The molecule has 2 heteroatoms. The Kier molecular flexibility index (Phi) is 10.1. The van der Waals surface area contributed by atoms with Crippen molar-refractivity contribution < 1.29 is 9.53 Å². The van der Waals surface area contributed by atoms with Crippen molar-refractivity contribution in [1.29, 1.82) is 0 Å². The summed E-state index contributed by atoms with van der Waals surface area (Å²) < 4.78 is 6.72. The molecule has 1 aliphatic heterocycles. The van der Waals surface area contributed by atoms with Gasteiger partial charge in [0, 0.05) is 5.57 Å². The number of fused-ring (bicyclic) bond motifs is 1. The molecule has 30 heavy (non-hydrogen) atoms. The van der Waals surface area contributed by atoms with Crippen molar-refractivity contribution in [3.8, 4) is 0 Å². The van der Waals surface area contributed by atoms with E-state index in [4.69, 9.17) is 4.74 Å². The first-order valence-electron chi connectivity index (χ1n) is 12.5. The molecular weight excluding hydrogens is 368 g/mol. The Hall–Kier alpha value is -1.11. The van der Waals surface area contributed by atoms with Crippen LogP contribution in [-0.2, 0) is 9.53 Å². The van der Waals surface area contributed by atoms with E-state index < -0.39 is 0 Å². The summed E-state index contributed by atoms with van der Waals surface area (Å²) >= 11 is 0. The minimum absolute atomic E-state index is 0.0699. The summed E-state index contributed by atoms with van der Waals surface area (Å²) in [7, 11) is 0. The predicted molar refractivity (Wildman–Crippen MR) is 128 cm³/mol. The molecule has 1 fully saturated rings. The van der Waals surface area contributed by atoms with Gasteiger partial charge in [0.15, 0.2) is 0 Å². The minimum Gasteiger partial charge on any atom is -0.367 e. The van der Waals surface area contributed by atoms with Crippen LogP contribution in [0.25, 0.3) is 0 Å². The molecule has 2 aliphatic rings. The van der Waals surface area contributed by atoms with E-state index in [-0.39, 0.29) is 5.60 Å². The highest BCUT2D eigenvalue weighted by atomic mass is 16.5. The van der Waals surface area contributed by atoms with Crippen molar-refractivity contribution in [1.82, 2.24) is 0 Å². The number of allylic oxidation sites excluding steroid dienone is 4. The van der Waals surface area contributed by atoms with Gasteiger partial charge in [-0.2, -0.15) is 0 Å². The van der Waals surface area contributed by atoms with E-state index in [0.29, 0.717) is 12.0 Å². The quantitative estimate of drug-likeness (QED) is 0.253. The van der Waals surface area contributed by atoms with E-state index >= 15 is 0 Å². The van der Waals surface area contributed by atoms with Crippen LogP contribution in [0.4, 0.5) is 0 Å². The average Bonchev–Trinajstić information content (AvgIpc) is 2.71. The monoisotopic (exact) mass is 414 g/mol. The molecule has 2 nitrogen and oxygen atoms in total. The number of hydrogen-bond acceptors (Lipinski definition) is 2. The Balaban J connectivity index is 1.65. The van der Waals surface area contributed by atoms with Gasteiger partial charge in [0.1, 0.15) is 5.94 Å². The summed E-state index contributed by atoms with van der Waals surface area (Å²) in [6, 6.07) is 0. The summed E-state index contributed by atoms with van der Waals surface area (Å²) in [6.45, 7) is 13.6. The fourth-order valence-electron chi connectivity index (χ4n) is 5.08. The zero-order valence-electron chi connectivity index (χ0n) is 20.6. The van der Waals surface area contributed by atoms with Gasteiger partial charge < -0.3 is 4.74 Å². The smallest absolute Gasteiger partial charge is 0.123 e. The molecule has 170 valence electrons. The zero-order chi connectivity index (χ0) is 22.1. The number of ether oxygens (including phenoxy) is 1. The lowest BCUT2D eigenvalue weighted by Crippen LogP contribution is -2.45. The fraction of sp³-hybridized carbons (Fsp3) is 0.786. The van der Waals surface area contributed by atoms with Crippen LogP contribution in [0.3, 0.4) is 0 Å². The van der Waals surface area contributed by atoms with Gasteiger partial charge >= 0.3 is 0 Å². The molecule has 0 spiro atoms. The van der Waals surface area contributed by atoms with Crippen LogP contribution in [0.15, 0.2) is 28.9 Å². The highest BCUT2D eigenvalue weighted by Gasteiger charge is 2.40. The fourth-order valence-corrected chi connectivity index (χ4v) is 5.08. The minimum atomic E-state index is 0.0699. The lowest BCUT2D eigenvalue weighted by atomic mass is 9.74. The van der Waals surface area contributed by atoms with Gasteiger partial charge in [0.25, 0.3) is 0 Å². The molecule has 5 unspecified atom stereocenters. The van der Waals surface area contributed by atoms with Gasteiger partial charge in [-0.3, -0.25) is 0 Å². The third-order valence-corrected chi connectivity index (χ3v) is 7.70. The zero-order valence-corrected chi connectivity index (χ0v) is 20.6. The van der Waals surface area contributed by atoms with E-state index in [1.165, 1.54) is 63.4 Å². The number of hydrogen-bond donors (Lipinski definition) is 0. The van der Waals surface area contributed by atoms with Crippen molar-refractivity contribution >= 4 is 5.94 Å². The van der Waals surface area contributed by atoms with Crippen molar-refractivity contribution in [3.05, 3.63) is 28.9 Å². The van der Waals surface area contributed by atoms with Crippen molar-refractivity contribution in [2.45, 2.75) is 124 Å². The first kappa shape index (κ1) is 25.2. The summed E-state index contributed by atoms with van der Waals surface area (Å²) in [5.41, 5.74) is 3.93. The van der Waals surface area contributed by atoms with Crippen LogP contribution in [0.5, 0.6) is 0 Å². The lowest BCUT2D eigenvalue weighted by Gasteiger charge is -2.46. The van der Waals surface area contributed by atoms with E-state index in [9.17, 15) is 4.79 Å². The second kappa shape index (κ2) is 12.1. The largest absolute Gasteiger partial charge is 0.367 e. The molecule has 1 heterocycles. The van der Waals surface area contributed by atoms with Crippen LogP contribution in [-0.4, -0.2) is 17.6 Å². The van der Waals surface area contributed by atoms with Gasteiger partial charge in [-0.1, -0.05) is 57.8 Å². The summed E-state index contributed by atoms with van der Waals surface area (Å²) in [4.78, 5) is 10.5. The molecule has 0 amide bonds. The average molecular weight is 415 g/mol. The number of rotatable bonds is 11. The molecule has 2 rings (SSSR count). The van der Waals surface area contributed by atoms with Crippen LogP contribution in [0.2, 0.25) is 0 Å². The lowest BCUT2D eigenvalue weighted by molar-refractivity contribution is -0.125. The molecule has 1 aliphatic carbocycles. The van der Waals surface area contributed by atoms with Crippen LogP contribution in [0, 0.1) is 17.8 Å². The standard InChI is InChI=1S/C28H46O2/c1-21(12-8-13-23(3)20-29)10-7-11-22(2)14-9-18-28(6)19-17-26-16-15-24(4)25(5)27(26)30-28/h12,16,22,24-25,27H,7-11,13-15,17-19H2,1-6H3/b21-12+. The Labute approximate surface area is 186 Å². The topological polar surface area (TPSA) is 26.3 Å². The maximum atomic E-state index is 10.5. The van der Waals surface area contributed by atoms with Crippen molar-refractivity contribution in [3.63, 3.8) is 0 Å². The van der Waals surface area contributed by atoms with Crippen molar-refractivity contribution in [2.75, 3.05) is 0 Å². The van der Waals surface area contributed by atoms with Crippen molar-refractivity contribution in [2.24, 2.45) is 17.8 Å². The number of carbonyl (C=O) groups excluding carboxylic acids is 1. The molecule has 0 radical (unpaired) electrons. The SMILES string of the molecule is CC(=C=O)CC/C=C(\C)CCCC(C)CCCC1(C)CCC2=CCC(C)C(C)C2O1. The van der Waals surface area contributed by atoms with Gasteiger partial charge in [0.05, 0.1) is 11.7 Å². The summed E-state index contributed by atoms with van der Waals surface area (Å²) in [5.74, 6) is 4.16. The second-order valence-corrected chi connectivity index (χ2v) is 10.7. The van der Waals surface area contributed by atoms with Crippen LogP contribution in [0.1, 0.15) is 112 Å². The highest BCUT2D eigenvalue weighted by Crippen LogP contribution is 2.43. The van der Waals surface area contributed by atoms with Gasteiger partial charge in [-0.05, 0) is 95.5 Å². The Morgan fingerprint density at radius 3 is 2.73 bits per heavy atom. The summed E-state index contributed by atoms with van der Waals surface area (Å²) in [6.07, 6.45) is 18.1. The van der Waals surface area contributed by atoms with Crippen LogP contribution >= 0.6 is 0 Å². The molecule has 1 saturated heterocycles. The highest BCUT2D eigenvalue weighted by molar-refractivity contribution is 5.51. The first-order chi connectivity index (χ1) is 14.2. The van der Waals surface area contributed by atoms with Gasteiger partial charge in [-0.15, -0.1) is 0 Å². The molecule has 0 N–H and O–H groups in total. The Morgan fingerprint density at radius 2 is 2.00 bits per heavy atom. The molecule has 5 atom stereocenters. The molecule has 0 saturated carbocycles. The Bertz CT molecular complexity index is 652. The second-order valence-electron chi connectivity index (χ2n) is 10.7. The van der Waals surface area contributed by atoms with Gasteiger partial charge in [0.2, 0.25) is 0 Å². The molecule has 0 aromatic heterocycles. The first-order valence-corrected chi connectivity index (χ1v) is 12.5. The van der Waals surface area contributed by atoms with E-state index in [2.05, 4.69) is 46.8 Å². The maximum absolute atomic E-state index is 10.5. The van der Waals surface area contributed by atoms with E-state index in [1.54, 1.807) is 5.57 Å². The molecule has 0 bridgehead atoms. The normalized spacial score (nSPS) is 30.3. The van der Waals surface area contributed by atoms with Gasteiger partial charge in [-0.25, -0.2) is 4.79 Å². The maximum Gasteiger partial charge on any atom is 0.123 e. The Morgan fingerprint density at radius 1 is 1.27 bits per heavy atom. The molecular formula is C28H46O2. The van der Waals surface area contributed by atoms with E-state index in [1.807, 2.05) is 12.9 Å². The molecule has 0 aromatic rings. The predicted octanol–water partition coefficient (Wildman–Crippen LogP) is 8.01. The molecule has 0 aromatic carbocycles. The third kappa shape index (κ3) is 7.86. The van der Waals surface area contributed by atoms with E-state index in [0.717, 1.165) is 30.3 Å². The third-order valence-electron chi connectivity index (χ3n) is 7.70. The summed E-state index contributed by atoms with van der Waals surface area (Å²) in [5, 5.41) is 0.